The molecule has 1 aromatic heterocycles. The molecule has 1 aromatic carbocycles. The van der Waals surface area contributed by atoms with Crippen LogP contribution < -0.4 is 9.80 Å². The molecular formula is C14H16N4. The molecule has 0 saturated heterocycles. The predicted octanol–water partition coefficient (Wildman–Crippen LogP) is 2.24. The molecule has 0 amide bonds. The van der Waals surface area contributed by atoms with Gasteiger partial charge in [0.2, 0.25) is 0 Å². The van der Waals surface area contributed by atoms with Gasteiger partial charge in [0, 0.05) is 45.3 Å². The Morgan fingerprint density at radius 2 is 1.78 bits per heavy atom. The van der Waals surface area contributed by atoms with Crippen molar-refractivity contribution in [3.63, 3.8) is 0 Å². The van der Waals surface area contributed by atoms with E-state index >= 15 is 0 Å². The second kappa shape index (κ2) is 4.53. The smallest absolute Gasteiger partial charge is 0.130 e. The highest BCUT2D eigenvalue weighted by Crippen LogP contribution is 2.29. The van der Waals surface area contributed by atoms with Crippen LogP contribution in [0.5, 0.6) is 0 Å². The van der Waals surface area contributed by atoms with E-state index in [9.17, 15) is 0 Å². The Labute approximate surface area is 107 Å². The van der Waals surface area contributed by atoms with E-state index in [0.29, 0.717) is 5.56 Å². The second-order valence-electron chi connectivity index (χ2n) is 4.63. The number of nitrogens with zero attached hydrogens (tertiary/aromatic N) is 4. The zero-order valence-electron chi connectivity index (χ0n) is 11.1. The van der Waals surface area contributed by atoms with Gasteiger partial charge >= 0.3 is 0 Å². The molecule has 0 aliphatic heterocycles. The van der Waals surface area contributed by atoms with Crippen molar-refractivity contribution in [2.75, 3.05) is 38.0 Å². The molecule has 0 bridgehead atoms. The molecule has 2 rings (SSSR count). The van der Waals surface area contributed by atoms with E-state index in [2.05, 4.69) is 11.1 Å². The topological polar surface area (TPSA) is 43.2 Å². The summed E-state index contributed by atoms with van der Waals surface area (Å²) in [5, 5.41) is 9.98. The third kappa shape index (κ3) is 2.07. The third-order valence-corrected chi connectivity index (χ3v) is 2.84. The van der Waals surface area contributed by atoms with Gasteiger partial charge in [0.1, 0.15) is 5.82 Å². The van der Waals surface area contributed by atoms with Crippen molar-refractivity contribution in [2.45, 2.75) is 0 Å². The van der Waals surface area contributed by atoms with E-state index in [1.165, 1.54) is 0 Å². The van der Waals surface area contributed by atoms with E-state index in [1.54, 1.807) is 6.07 Å². The van der Waals surface area contributed by atoms with Crippen molar-refractivity contribution < 1.29 is 0 Å². The molecule has 18 heavy (non-hydrogen) atoms. The van der Waals surface area contributed by atoms with E-state index in [0.717, 1.165) is 22.4 Å². The first kappa shape index (κ1) is 12.2. The fourth-order valence-corrected chi connectivity index (χ4v) is 1.86. The molecule has 0 unspecified atom stereocenters. The normalized spacial score (nSPS) is 10.2. The van der Waals surface area contributed by atoms with Gasteiger partial charge in [-0.05, 0) is 18.2 Å². The van der Waals surface area contributed by atoms with Crippen LogP contribution >= 0.6 is 0 Å². The fraction of sp³-hybridized carbons (Fsp3) is 0.286. The highest BCUT2D eigenvalue weighted by molar-refractivity contribution is 5.94. The standard InChI is InChI=1S/C14H16N4/c1-17(2)13-8-14(18(3)4)16-12-6-5-10(9-15)7-11(12)13/h5-8H,1-4H3. The number of aromatic nitrogens is 1. The molecule has 0 aliphatic carbocycles. The van der Waals surface area contributed by atoms with Crippen molar-refractivity contribution in [3.8, 4) is 6.07 Å². The molecular weight excluding hydrogens is 224 g/mol. The summed E-state index contributed by atoms with van der Waals surface area (Å²) in [4.78, 5) is 8.60. The monoisotopic (exact) mass is 240 g/mol. The highest BCUT2D eigenvalue weighted by atomic mass is 15.1. The lowest BCUT2D eigenvalue weighted by molar-refractivity contribution is 1.07. The van der Waals surface area contributed by atoms with Gasteiger partial charge in [-0.2, -0.15) is 5.26 Å². The molecule has 0 atom stereocenters. The average molecular weight is 240 g/mol. The molecule has 4 nitrogen and oxygen atoms in total. The van der Waals surface area contributed by atoms with Crippen LogP contribution in [0.4, 0.5) is 11.5 Å². The number of hydrogen-bond donors (Lipinski definition) is 0. The van der Waals surface area contributed by atoms with Crippen molar-refractivity contribution >= 4 is 22.4 Å². The zero-order chi connectivity index (χ0) is 13.3. The van der Waals surface area contributed by atoms with Gasteiger partial charge < -0.3 is 9.80 Å². The Morgan fingerprint density at radius 1 is 1.06 bits per heavy atom. The molecule has 92 valence electrons. The predicted molar refractivity (Wildman–Crippen MR) is 75.1 cm³/mol. The van der Waals surface area contributed by atoms with Gasteiger partial charge in [0.05, 0.1) is 17.1 Å². The van der Waals surface area contributed by atoms with Crippen molar-refractivity contribution in [2.24, 2.45) is 0 Å². The van der Waals surface area contributed by atoms with Gasteiger partial charge in [0.15, 0.2) is 0 Å². The van der Waals surface area contributed by atoms with Crippen molar-refractivity contribution in [1.29, 1.82) is 5.26 Å². The molecule has 0 N–H and O–H groups in total. The number of fused-ring (bicyclic) bond motifs is 1. The van der Waals surface area contributed by atoms with Crippen LogP contribution in [0, 0.1) is 11.3 Å². The Hall–Kier alpha value is -2.28. The molecule has 1 heterocycles. The van der Waals surface area contributed by atoms with Crippen LogP contribution in [0.25, 0.3) is 10.9 Å². The largest absolute Gasteiger partial charge is 0.377 e. The minimum atomic E-state index is 0.657. The third-order valence-electron chi connectivity index (χ3n) is 2.84. The van der Waals surface area contributed by atoms with Gasteiger partial charge in [0.25, 0.3) is 0 Å². The maximum Gasteiger partial charge on any atom is 0.130 e. The lowest BCUT2D eigenvalue weighted by Crippen LogP contribution is -2.14. The molecule has 0 saturated carbocycles. The molecule has 0 spiro atoms. The SMILES string of the molecule is CN(C)c1cc(N(C)C)c2cc(C#N)ccc2n1. The van der Waals surface area contributed by atoms with E-state index < -0.39 is 0 Å². The number of anilines is 2. The van der Waals surface area contributed by atoms with E-state index in [1.807, 2.05) is 56.2 Å². The summed E-state index contributed by atoms with van der Waals surface area (Å²) in [5.74, 6) is 0.913. The quantitative estimate of drug-likeness (QED) is 0.807. The first-order valence-corrected chi connectivity index (χ1v) is 5.72. The van der Waals surface area contributed by atoms with Gasteiger partial charge in [-0.15, -0.1) is 0 Å². The Balaban J connectivity index is 2.78. The fourth-order valence-electron chi connectivity index (χ4n) is 1.86. The Bertz CT molecular complexity index is 623. The average Bonchev–Trinajstić information content (AvgIpc) is 2.36. The number of benzene rings is 1. The van der Waals surface area contributed by atoms with Gasteiger partial charge in [-0.25, -0.2) is 4.98 Å². The number of nitriles is 1. The molecule has 0 radical (unpaired) electrons. The number of rotatable bonds is 2. The molecule has 2 aromatic rings. The Kier molecular flexibility index (Phi) is 3.07. The summed E-state index contributed by atoms with van der Waals surface area (Å²) < 4.78 is 0. The summed E-state index contributed by atoms with van der Waals surface area (Å²) in [5.41, 5.74) is 2.63. The maximum atomic E-state index is 8.98. The molecule has 4 heteroatoms. The van der Waals surface area contributed by atoms with E-state index in [4.69, 9.17) is 5.26 Å². The summed E-state index contributed by atoms with van der Waals surface area (Å²) in [6, 6.07) is 9.78. The van der Waals surface area contributed by atoms with Crippen LogP contribution in [0.1, 0.15) is 5.56 Å². The molecule has 0 fully saturated rings. The van der Waals surface area contributed by atoms with E-state index in [-0.39, 0.29) is 0 Å². The number of pyridine rings is 1. The van der Waals surface area contributed by atoms with Crippen LogP contribution in [0.2, 0.25) is 0 Å². The summed E-state index contributed by atoms with van der Waals surface area (Å²) in [6.45, 7) is 0. The summed E-state index contributed by atoms with van der Waals surface area (Å²) in [6.07, 6.45) is 0. The van der Waals surface area contributed by atoms with Gasteiger partial charge in [-0.3, -0.25) is 0 Å². The lowest BCUT2D eigenvalue weighted by Gasteiger charge is -2.19. The van der Waals surface area contributed by atoms with Gasteiger partial charge in [-0.1, -0.05) is 0 Å². The Morgan fingerprint density at radius 3 is 2.33 bits per heavy atom. The highest BCUT2D eigenvalue weighted by Gasteiger charge is 2.09. The number of hydrogen-bond acceptors (Lipinski definition) is 4. The first-order valence-electron chi connectivity index (χ1n) is 5.72. The van der Waals surface area contributed by atoms with Crippen LogP contribution in [-0.2, 0) is 0 Å². The summed E-state index contributed by atoms with van der Waals surface area (Å²) in [7, 11) is 7.93. The maximum absolute atomic E-state index is 8.98. The summed E-state index contributed by atoms with van der Waals surface area (Å²) >= 11 is 0. The van der Waals surface area contributed by atoms with Crippen LogP contribution in [0.15, 0.2) is 24.3 Å². The second-order valence-corrected chi connectivity index (χ2v) is 4.63. The van der Waals surface area contributed by atoms with Crippen molar-refractivity contribution in [3.05, 3.63) is 29.8 Å². The van der Waals surface area contributed by atoms with Crippen LogP contribution in [0.3, 0.4) is 0 Å². The lowest BCUT2D eigenvalue weighted by atomic mass is 10.1. The van der Waals surface area contributed by atoms with Crippen molar-refractivity contribution in [1.82, 2.24) is 4.98 Å². The van der Waals surface area contributed by atoms with Crippen LogP contribution in [-0.4, -0.2) is 33.2 Å². The first-order chi connectivity index (χ1) is 8.52. The minimum absolute atomic E-state index is 0.657. The minimum Gasteiger partial charge on any atom is -0.377 e. The molecule has 0 aliphatic rings. The zero-order valence-corrected chi connectivity index (χ0v) is 11.1.